The van der Waals surface area contributed by atoms with Crippen LogP contribution in [-0.4, -0.2) is 58.9 Å². The molecule has 2 unspecified atom stereocenters. The summed E-state index contributed by atoms with van der Waals surface area (Å²) >= 11 is 7.89. The van der Waals surface area contributed by atoms with Gasteiger partial charge in [0.05, 0.1) is 11.9 Å². The van der Waals surface area contributed by atoms with Gasteiger partial charge in [0.15, 0.2) is 0 Å². The molecule has 0 spiro atoms. The minimum Gasteiger partial charge on any atom is -0.352 e. The van der Waals surface area contributed by atoms with Gasteiger partial charge in [0.2, 0.25) is 11.8 Å². The second-order valence-corrected chi connectivity index (χ2v) is 9.45. The van der Waals surface area contributed by atoms with Gasteiger partial charge in [-0.25, -0.2) is 0 Å². The third-order valence-electron chi connectivity index (χ3n) is 6.21. The van der Waals surface area contributed by atoms with Gasteiger partial charge in [-0.2, -0.15) is 0 Å². The molecule has 3 aliphatic rings. The number of thioether (sulfide) groups is 1. The predicted octanol–water partition coefficient (Wildman–Crippen LogP) is 3.29. The monoisotopic (exact) mass is 421 g/mol. The average Bonchev–Trinajstić information content (AvgIpc) is 3.32. The van der Waals surface area contributed by atoms with E-state index in [1.807, 2.05) is 18.2 Å². The molecular weight excluding hydrogens is 394 g/mol. The molecule has 2 saturated heterocycles. The summed E-state index contributed by atoms with van der Waals surface area (Å²) in [6, 6.07) is 7.71. The Labute approximate surface area is 176 Å². The molecule has 1 saturated carbocycles. The Morgan fingerprint density at radius 3 is 2.68 bits per heavy atom. The summed E-state index contributed by atoms with van der Waals surface area (Å²) in [6.45, 7) is 2.63. The molecule has 2 heterocycles. The van der Waals surface area contributed by atoms with E-state index in [1.54, 1.807) is 16.7 Å². The number of benzene rings is 1. The first-order valence-corrected chi connectivity index (χ1v) is 11.8. The van der Waals surface area contributed by atoms with Gasteiger partial charge >= 0.3 is 0 Å². The van der Waals surface area contributed by atoms with Crippen LogP contribution in [0.15, 0.2) is 24.3 Å². The van der Waals surface area contributed by atoms with Gasteiger partial charge in [0, 0.05) is 23.2 Å². The van der Waals surface area contributed by atoms with E-state index in [2.05, 4.69) is 16.3 Å². The Balaban J connectivity index is 1.41. The molecule has 0 aromatic heterocycles. The Morgan fingerprint density at radius 1 is 1.21 bits per heavy atom. The minimum absolute atomic E-state index is 0.0242. The quantitative estimate of drug-likeness (QED) is 0.765. The number of carbonyl (C=O) groups excluding carboxylic acids is 2. The highest BCUT2D eigenvalue weighted by atomic mass is 35.5. The maximum Gasteiger partial charge on any atom is 0.243 e. The van der Waals surface area contributed by atoms with Crippen molar-refractivity contribution >= 4 is 35.2 Å². The summed E-state index contributed by atoms with van der Waals surface area (Å²) in [5, 5.41) is 3.87. The number of likely N-dealkylation sites (tertiary alicyclic amines) is 1. The summed E-state index contributed by atoms with van der Waals surface area (Å²) in [6.07, 6.45) is 5.45. The van der Waals surface area contributed by atoms with Gasteiger partial charge < -0.3 is 10.2 Å². The van der Waals surface area contributed by atoms with Crippen molar-refractivity contribution in [1.82, 2.24) is 15.1 Å². The third kappa shape index (κ3) is 4.34. The Morgan fingerprint density at radius 2 is 2.00 bits per heavy atom. The van der Waals surface area contributed by atoms with Crippen molar-refractivity contribution in [3.63, 3.8) is 0 Å². The Bertz CT molecular complexity index is 721. The van der Waals surface area contributed by atoms with Crippen molar-refractivity contribution in [3.05, 3.63) is 34.9 Å². The maximum absolute atomic E-state index is 12.9. The van der Waals surface area contributed by atoms with Crippen molar-refractivity contribution in [1.29, 1.82) is 0 Å². The van der Waals surface area contributed by atoms with Crippen LogP contribution in [0.3, 0.4) is 0 Å². The number of carbonyl (C=O) groups is 2. The molecule has 2 aliphatic heterocycles. The molecule has 0 radical (unpaired) electrons. The number of nitrogens with zero attached hydrogens (tertiary/aromatic N) is 2. The lowest BCUT2D eigenvalue weighted by Crippen LogP contribution is -2.51. The van der Waals surface area contributed by atoms with Crippen LogP contribution in [0.25, 0.3) is 0 Å². The van der Waals surface area contributed by atoms with Crippen molar-refractivity contribution in [2.75, 3.05) is 31.3 Å². The van der Waals surface area contributed by atoms with Crippen molar-refractivity contribution in [3.8, 4) is 0 Å². The number of nitrogens with one attached hydrogen (secondary N) is 1. The molecule has 4 rings (SSSR count). The topological polar surface area (TPSA) is 52.7 Å². The zero-order chi connectivity index (χ0) is 19.5. The lowest BCUT2D eigenvalue weighted by molar-refractivity contribution is -0.143. The van der Waals surface area contributed by atoms with E-state index in [-0.39, 0.29) is 29.8 Å². The maximum atomic E-state index is 12.9. The fourth-order valence-electron chi connectivity index (χ4n) is 4.31. The van der Waals surface area contributed by atoms with Gasteiger partial charge in [-0.1, -0.05) is 30.2 Å². The van der Waals surface area contributed by atoms with E-state index in [0.29, 0.717) is 18.2 Å². The first-order chi connectivity index (χ1) is 13.6. The standard InChI is InChI=1S/C21H28ClN3O2S/c22-17-8-4-7-16(11-17)18(24-9-1-2-10-24)12-23-20(26)19-13-28-14-25(19)21(27)15-5-3-6-15/h4,7-8,11,15,18-19H,1-3,5-6,9-10,12-14H2,(H,23,26). The number of amides is 2. The van der Waals surface area contributed by atoms with Crippen LogP contribution < -0.4 is 5.32 Å². The van der Waals surface area contributed by atoms with Crippen LogP contribution >= 0.6 is 23.4 Å². The number of hydrogen-bond donors (Lipinski definition) is 1. The van der Waals surface area contributed by atoms with Gasteiger partial charge in [0.1, 0.15) is 6.04 Å². The lowest BCUT2D eigenvalue weighted by atomic mass is 9.84. The molecule has 3 fully saturated rings. The molecule has 152 valence electrons. The van der Waals surface area contributed by atoms with Crippen LogP contribution in [0.1, 0.15) is 43.7 Å². The van der Waals surface area contributed by atoms with Crippen LogP contribution in [0.4, 0.5) is 0 Å². The molecular formula is C21H28ClN3O2S. The molecule has 1 aromatic carbocycles. The van der Waals surface area contributed by atoms with E-state index in [4.69, 9.17) is 11.6 Å². The van der Waals surface area contributed by atoms with Crippen molar-refractivity contribution in [2.24, 2.45) is 5.92 Å². The number of rotatable bonds is 6. The van der Waals surface area contributed by atoms with Crippen molar-refractivity contribution in [2.45, 2.75) is 44.2 Å². The molecule has 28 heavy (non-hydrogen) atoms. The van der Waals surface area contributed by atoms with Crippen molar-refractivity contribution < 1.29 is 9.59 Å². The highest BCUT2D eigenvalue weighted by molar-refractivity contribution is 7.99. The Hall–Kier alpha value is -1.24. The fraction of sp³-hybridized carbons (Fsp3) is 0.619. The zero-order valence-corrected chi connectivity index (χ0v) is 17.7. The van der Waals surface area contributed by atoms with Gasteiger partial charge in [-0.05, 0) is 56.5 Å². The average molecular weight is 422 g/mol. The van der Waals surface area contributed by atoms with E-state index in [9.17, 15) is 9.59 Å². The van der Waals surface area contributed by atoms with E-state index < -0.39 is 0 Å². The third-order valence-corrected chi connectivity index (χ3v) is 7.45. The summed E-state index contributed by atoms with van der Waals surface area (Å²) in [5.41, 5.74) is 1.14. The zero-order valence-electron chi connectivity index (χ0n) is 16.1. The molecule has 7 heteroatoms. The first-order valence-electron chi connectivity index (χ1n) is 10.3. The summed E-state index contributed by atoms with van der Waals surface area (Å²) < 4.78 is 0. The highest BCUT2D eigenvalue weighted by Crippen LogP contribution is 2.32. The molecule has 2 atom stereocenters. The molecule has 0 bridgehead atoms. The fourth-order valence-corrected chi connectivity index (χ4v) is 5.67. The summed E-state index contributed by atoms with van der Waals surface area (Å²) in [7, 11) is 0. The normalized spacial score (nSPS) is 24.2. The molecule has 1 aliphatic carbocycles. The molecule has 1 N–H and O–H groups in total. The minimum atomic E-state index is -0.336. The molecule has 2 amide bonds. The summed E-state index contributed by atoms with van der Waals surface area (Å²) in [4.78, 5) is 29.8. The molecule has 5 nitrogen and oxygen atoms in total. The van der Waals surface area contributed by atoms with Crippen LogP contribution in [0.5, 0.6) is 0 Å². The molecule has 1 aromatic rings. The van der Waals surface area contributed by atoms with E-state index >= 15 is 0 Å². The van der Waals surface area contributed by atoms with E-state index in [0.717, 1.165) is 42.9 Å². The van der Waals surface area contributed by atoms with E-state index in [1.165, 1.54) is 12.8 Å². The number of halogens is 1. The number of hydrogen-bond acceptors (Lipinski definition) is 4. The van der Waals surface area contributed by atoms with Gasteiger partial charge in [-0.3, -0.25) is 14.5 Å². The van der Waals surface area contributed by atoms with Crippen LogP contribution in [-0.2, 0) is 9.59 Å². The SMILES string of the molecule is O=C(NCC(c1cccc(Cl)c1)N1CCCC1)C1CSCN1C(=O)C1CCC1. The lowest BCUT2D eigenvalue weighted by Gasteiger charge is -2.32. The highest BCUT2D eigenvalue weighted by Gasteiger charge is 2.39. The van der Waals surface area contributed by atoms with Gasteiger partial charge in [-0.15, -0.1) is 11.8 Å². The van der Waals surface area contributed by atoms with Gasteiger partial charge in [0.25, 0.3) is 0 Å². The largest absolute Gasteiger partial charge is 0.352 e. The first kappa shape index (κ1) is 20.0. The second-order valence-electron chi connectivity index (χ2n) is 8.01. The Kier molecular flexibility index (Phi) is 6.48. The predicted molar refractivity (Wildman–Crippen MR) is 113 cm³/mol. The second kappa shape index (κ2) is 9.06. The summed E-state index contributed by atoms with van der Waals surface area (Å²) in [5.74, 6) is 1.61. The van der Waals surface area contributed by atoms with Crippen LogP contribution in [0, 0.1) is 5.92 Å². The smallest absolute Gasteiger partial charge is 0.243 e. The van der Waals surface area contributed by atoms with Crippen LogP contribution in [0.2, 0.25) is 5.02 Å².